The van der Waals surface area contributed by atoms with Crippen molar-refractivity contribution < 1.29 is 18.0 Å². The smallest absolute Gasteiger partial charge is 0.352 e. The summed E-state index contributed by atoms with van der Waals surface area (Å²) < 4.78 is 42.2. The van der Waals surface area contributed by atoms with Gasteiger partial charge in [-0.2, -0.15) is 18.3 Å². The third-order valence-electron chi connectivity index (χ3n) is 6.16. The second kappa shape index (κ2) is 10.7. The van der Waals surface area contributed by atoms with Gasteiger partial charge in [0.05, 0.1) is 34.2 Å². The van der Waals surface area contributed by atoms with E-state index >= 15 is 0 Å². The van der Waals surface area contributed by atoms with E-state index in [4.69, 9.17) is 11.6 Å². The maximum absolute atomic E-state index is 13.6. The van der Waals surface area contributed by atoms with Gasteiger partial charge in [-0.25, -0.2) is 4.68 Å². The summed E-state index contributed by atoms with van der Waals surface area (Å²) in [4.78, 5) is 17.6. The molecule has 0 fully saturated rings. The van der Waals surface area contributed by atoms with E-state index in [1.165, 1.54) is 23.0 Å². The van der Waals surface area contributed by atoms with Gasteiger partial charge >= 0.3 is 6.18 Å². The SMILES string of the molecule is O=C(NCCCc1ccccc1)c1cnn(-c2ccnc3cc(Cl)ccc23)c1-c1cccc(C(F)(F)F)c1. The Morgan fingerprint density at radius 2 is 1.79 bits per heavy atom. The molecule has 0 unspecified atom stereocenters. The predicted molar refractivity (Wildman–Crippen MR) is 141 cm³/mol. The third kappa shape index (κ3) is 5.40. The zero-order valence-electron chi connectivity index (χ0n) is 20.0. The first-order valence-electron chi connectivity index (χ1n) is 11.9. The molecule has 0 saturated carbocycles. The fraction of sp³-hybridized carbons (Fsp3) is 0.138. The molecule has 1 N–H and O–H groups in total. The summed E-state index contributed by atoms with van der Waals surface area (Å²) in [6.07, 6.45) is -0.106. The fourth-order valence-electron chi connectivity index (χ4n) is 4.34. The van der Waals surface area contributed by atoms with E-state index in [1.807, 2.05) is 30.3 Å². The molecular weight excluding hydrogens is 513 g/mol. The lowest BCUT2D eigenvalue weighted by molar-refractivity contribution is -0.137. The number of aryl methyl sites for hydroxylation is 1. The number of halogens is 4. The monoisotopic (exact) mass is 534 g/mol. The number of carbonyl (C=O) groups is 1. The predicted octanol–water partition coefficient (Wildman–Crippen LogP) is 7.12. The molecule has 2 heterocycles. The molecule has 5 rings (SSSR count). The first kappa shape index (κ1) is 25.5. The zero-order valence-corrected chi connectivity index (χ0v) is 20.8. The van der Waals surface area contributed by atoms with Crippen molar-refractivity contribution in [2.75, 3.05) is 6.54 Å². The average Bonchev–Trinajstić information content (AvgIpc) is 3.36. The van der Waals surface area contributed by atoms with Crippen molar-refractivity contribution >= 4 is 28.4 Å². The lowest BCUT2D eigenvalue weighted by atomic mass is 10.0. The minimum absolute atomic E-state index is 0.169. The van der Waals surface area contributed by atoms with Crippen LogP contribution in [0.25, 0.3) is 27.8 Å². The Kier molecular flexibility index (Phi) is 7.15. The Labute approximate surface area is 221 Å². The summed E-state index contributed by atoms with van der Waals surface area (Å²) in [6, 6.07) is 21.6. The van der Waals surface area contributed by atoms with Gasteiger partial charge in [-0.05, 0) is 54.8 Å². The molecule has 192 valence electrons. The number of carbonyl (C=O) groups excluding carboxylic acids is 1. The van der Waals surface area contributed by atoms with Gasteiger partial charge in [0, 0.05) is 28.7 Å². The maximum atomic E-state index is 13.6. The Bertz CT molecular complexity index is 1600. The van der Waals surface area contributed by atoms with E-state index in [0.29, 0.717) is 34.6 Å². The van der Waals surface area contributed by atoms with Gasteiger partial charge in [-0.1, -0.05) is 54.1 Å². The Morgan fingerprint density at radius 1 is 0.974 bits per heavy atom. The van der Waals surface area contributed by atoms with Crippen molar-refractivity contribution in [2.24, 2.45) is 0 Å². The second-order valence-electron chi connectivity index (χ2n) is 8.73. The largest absolute Gasteiger partial charge is 0.416 e. The van der Waals surface area contributed by atoms with E-state index in [2.05, 4.69) is 15.4 Å². The Hall–Kier alpha value is -4.17. The van der Waals surface area contributed by atoms with E-state index in [-0.39, 0.29) is 16.8 Å². The quantitative estimate of drug-likeness (QED) is 0.226. The van der Waals surface area contributed by atoms with Crippen LogP contribution in [-0.4, -0.2) is 27.2 Å². The molecule has 0 aliphatic rings. The maximum Gasteiger partial charge on any atom is 0.416 e. The van der Waals surface area contributed by atoms with Crippen LogP contribution in [0.1, 0.15) is 27.9 Å². The van der Waals surface area contributed by atoms with Crippen molar-refractivity contribution in [2.45, 2.75) is 19.0 Å². The van der Waals surface area contributed by atoms with Crippen molar-refractivity contribution in [1.29, 1.82) is 0 Å². The topological polar surface area (TPSA) is 59.8 Å². The number of pyridine rings is 1. The number of aromatic nitrogens is 3. The molecule has 0 atom stereocenters. The number of alkyl halides is 3. The zero-order chi connectivity index (χ0) is 26.7. The Morgan fingerprint density at radius 3 is 2.58 bits per heavy atom. The van der Waals surface area contributed by atoms with Crippen LogP contribution < -0.4 is 5.32 Å². The molecule has 3 aromatic carbocycles. The van der Waals surface area contributed by atoms with Crippen LogP contribution in [0, 0.1) is 0 Å². The van der Waals surface area contributed by atoms with E-state index < -0.39 is 17.6 Å². The lowest BCUT2D eigenvalue weighted by Gasteiger charge is -2.14. The molecule has 0 bridgehead atoms. The Balaban J connectivity index is 1.53. The second-order valence-corrected chi connectivity index (χ2v) is 9.17. The van der Waals surface area contributed by atoms with Crippen molar-refractivity contribution in [3.8, 4) is 16.9 Å². The molecule has 0 radical (unpaired) electrons. The normalized spacial score (nSPS) is 11.6. The number of benzene rings is 3. The summed E-state index contributed by atoms with van der Waals surface area (Å²) in [5.41, 5.74) is 2.12. The summed E-state index contributed by atoms with van der Waals surface area (Å²) in [5.74, 6) is -0.418. The lowest BCUT2D eigenvalue weighted by Crippen LogP contribution is -2.25. The van der Waals surface area contributed by atoms with Crippen LogP contribution in [0.3, 0.4) is 0 Å². The van der Waals surface area contributed by atoms with Gasteiger partial charge in [-0.15, -0.1) is 0 Å². The molecule has 0 saturated heterocycles. The van der Waals surface area contributed by atoms with Crippen molar-refractivity contribution in [3.05, 3.63) is 113 Å². The van der Waals surface area contributed by atoms with Gasteiger partial charge in [0.25, 0.3) is 5.91 Å². The molecule has 0 aliphatic carbocycles. The van der Waals surface area contributed by atoms with Crippen LogP contribution in [0.15, 0.2) is 91.3 Å². The first-order chi connectivity index (χ1) is 18.3. The van der Waals surface area contributed by atoms with Crippen LogP contribution in [0.4, 0.5) is 13.2 Å². The van der Waals surface area contributed by atoms with E-state index in [0.717, 1.165) is 24.1 Å². The van der Waals surface area contributed by atoms with Gasteiger partial charge in [-0.3, -0.25) is 9.78 Å². The highest BCUT2D eigenvalue weighted by Crippen LogP contribution is 2.35. The van der Waals surface area contributed by atoms with E-state index in [1.54, 1.807) is 30.5 Å². The fourth-order valence-corrected chi connectivity index (χ4v) is 4.51. The molecular formula is C29H22ClF3N4O. The number of rotatable bonds is 7. The minimum Gasteiger partial charge on any atom is -0.352 e. The number of hydrogen-bond donors (Lipinski definition) is 1. The summed E-state index contributed by atoms with van der Waals surface area (Å²) in [5, 5.41) is 8.51. The number of hydrogen-bond acceptors (Lipinski definition) is 3. The molecule has 9 heteroatoms. The highest BCUT2D eigenvalue weighted by molar-refractivity contribution is 6.31. The third-order valence-corrected chi connectivity index (χ3v) is 6.39. The minimum atomic E-state index is -4.54. The molecule has 5 nitrogen and oxygen atoms in total. The molecule has 38 heavy (non-hydrogen) atoms. The van der Waals surface area contributed by atoms with Crippen LogP contribution in [-0.2, 0) is 12.6 Å². The van der Waals surface area contributed by atoms with Gasteiger partial charge in [0.15, 0.2) is 0 Å². The highest BCUT2D eigenvalue weighted by atomic mass is 35.5. The number of nitrogens with one attached hydrogen (secondary N) is 1. The molecule has 5 aromatic rings. The number of nitrogens with zero attached hydrogens (tertiary/aromatic N) is 3. The summed E-state index contributed by atoms with van der Waals surface area (Å²) >= 11 is 6.13. The average molecular weight is 535 g/mol. The highest BCUT2D eigenvalue weighted by Gasteiger charge is 2.31. The number of amides is 1. The molecule has 2 aromatic heterocycles. The van der Waals surface area contributed by atoms with Gasteiger partial charge < -0.3 is 5.32 Å². The van der Waals surface area contributed by atoms with Gasteiger partial charge in [0.2, 0.25) is 0 Å². The summed E-state index contributed by atoms with van der Waals surface area (Å²) in [6.45, 7) is 0.400. The first-order valence-corrected chi connectivity index (χ1v) is 12.3. The standard InChI is InChI=1S/C29H22ClF3N4O/c30-22-11-12-23-25(17-22)34-15-13-26(23)37-27(20-9-4-10-21(16-20)29(31,32)33)24(18-36-37)28(38)35-14-5-8-19-6-2-1-3-7-19/h1-4,6-7,9-13,15-18H,5,8,14H2,(H,35,38). The van der Waals surface area contributed by atoms with Crippen LogP contribution in [0.2, 0.25) is 5.02 Å². The van der Waals surface area contributed by atoms with Gasteiger partial charge in [0.1, 0.15) is 0 Å². The van der Waals surface area contributed by atoms with E-state index in [9.17, 15) is 18.0 Å². The van der Waals surface area contributed by atoms with Crippen LogP contribution >= 0.6 is 11.6 Å². The molecule has 0 spiro atoms. The van der Waals surface area contributed by atoms with Crippen molar-refractivity contribution in [3.63, 3.8) is 0 Å². The molecule has 0 aliphatic heterocycles. The summed E-state index contributed by atoms with van der Waals surface area (Å²) in [7, 11) is 0. The number of fused-ring (bicyclic) bond motifs is 1. The molecule has 1 amide bonds. The van der Waals surface area contributed by atoms with Crippen molar-refractivity contribution in [1.82, 2.24) is 20.1 Å². The van der Waals surface area contributed by atoms with Crippen LogP contribution in [0.5, 0.6) is 0 Å².